The molecule has 0 radical (unpaired) electrons. The molecule has 3 heterocycles. The molecular weight excluding hydrogens is 288 g/mol. The number of hydrogen-bond donors (Lipinski definition) is 0. The predicted octanol–water partition coefficient (Wildman–Crippen LogP) is 4.66. The summed E-state index contributed by atoms with van der Waals surface area (Å²) in [6.45, 7) is 3.00. The van der Waals surface area contributed by atoms with Gasteiger partial charge in [-0.2, -0.15) is 0 Å². The topological polar surface area (TPSA) is 29.3 Å². The minimum absolute atomic E-state index is 0.386. The summed E-state index contributed by atoms with van der Waals surface area (Å²) in [6, 6.07) is 8.69. The van der Waals surface area contributed by atoms with Crippen molar-refractivity contribution in [1.82, 2.24) is 9.88 Å². The van der Waals surface area contributed by atoms with Gasteiger partial charge < -0.3 is 4.42 Å². The van der Waals surface area contributed by atoms with Crippen LogP contribution in [-0.4, -0.2) is 16.9 Å². The highest BCUT2D eigenvalue weighted by Crippen LogP contribution is 2.27. The van der Waals surface area contributed by atoms with Crippen LogP contribution in [0.5, 0.6) is 0 Å². The molecule has 5 heteroatoms. The van der Waals surface area contributed by atoms with Crippen LogP contribution in [0.1, 0.15) is 23.5 Å². The Labute approximate surface area is 126 Å². The number of rotatable bonds is 5. The van der Waals surface area contributed by atoms with E-state index in [0.717, 1.165) is 17.1 Å². The SMILES string of the molecule is CC(c1cccs1)N(C)Cc1coc(-c2cccs2)n1. The number of hydrogen-bond acceptors (Lipinski definition) is 5. The fraction of sp³-hybridized carbons (Fsp3) is 0.267. The minimum Gasteiger partial charge on any atom is -0.444 e. The number of nitrogens with zero attached hydrogens (tertiary/aromatic N) is 2. The number of thiophene rings is 2. The summed E-state index contributed by atoms with van der Waals surface area (Å²) in [5.74, 6) is 0.715. The zero-order valence-corrected chi connectivity index (χ0v) is 13.1. The van der Waals surface area contributed by atoms with Gasteiger partial charge in [0.2, 0.25) is 5.89 Å². The molecule has 0 saturated carbocycles. The van der Waals surface area contributed by atoms with Crippen molar-refractivity contribution in [2.24, 2.45) is 0 Å². The standard InChI is InChI=1S/C15H16N2OS2/c1-11(13-5-3-7-19-13)17(2)9-12-10-18-15(16-12)14-6-4-8-20-14/h3-8,10-11H,9H2,1-2H3. The number of oxazole rings is 1. The van der Waals surface area contributed by atoms with E-state index in [1.54, 1.807) is 28.9 Å². The summed E-state index contributed by atoms with van der Waals surface area (Å²) in [5, 5.41) is 4.15. The van der Waals surface area contributed by atoms with Crippen LogP contribution >= 0.6 is 22.7 Å². The van der Waals surface area contributed by atoms with Crippen LogP contribution in [0.2, 0.25) is 0 Å². The van der Waals surface area contributed by atoms with Crippen molar-refractivity contribution in [3.63, 3.8) is 0 Å². The van der Waals surface area contributed by atoms with Crippen LogP contribution in [0.15, 0.2) is 45.7 Å². The van der Waals surface area contributed by atoms with Gasteiger partial charge in [-0.05, 0) is 36.9 Å². The summed E-state index contributed by atoms with van der Waals surface area (Å²) in [4.78, 5) is 9.29. The van der Waals surface area contributed by atoms with Crippen LogP contribution in [0, 0.1) is 0 Å². The minimum atomic E-state index is 0.386. The van der Waals surface area contributed by atoms with Gasteiger partial charge in [-0.1, -0.05) is 12.1 Å². The summed E-state index contributed by atoms with van der Waals surface area (Å²) >= 11 is 3.43. The van der Waals surface area contributed by atoms with Crippen molar-refractivity contribution in [2.45, 2.75) is 19.5 Å². The lowest BCUT2D eigenvalue weighted by Gasteiger charge is -2.22. The van der Waals surface area contributed by atoms with Gasteiger partial charge in [0.05, 0.1) is 10.6 Å². The quantitative estimate of drug-likeness (QED) is 0.686. The molecule has 3 nitrogen and oxygen atoms in total. The van der Waals surface area contributed by atoms with Gasteiger partial charge in [0, 0.05) is 17.5 Å². The zero-order chi connectivity index (χ0) is 13.9. The highest BCUT2D eigenvalue weighted by Gasteiger charge is 2.15. The molecule has 1 unspecified atom stereocenters. The van der Waals surface area contributed by atoms with Crippen LogP contribution < -0.4 is 0 Å². The summed E-state index contributed by atoms with van der Waals surface area (Å²) in [5.41, 5.74) is 0.972. The van der Waals surface area contributed by atoms with Crippen LogP contribution in [0.4, 0.5) is 0 Å². The van der Waals surface area contributed by atoms with E-state index in [1.165, 1.54) is 4.88 Å². The third-order valence-corrected chi connectivity index (χ3v) is 5.21. The lowest BCUT2D eigenvalue weighted by atomic mass is 10.2. The Hall–Kier alpha value is -1.43. The molecule has 0 N–H and O–H groups in total. The van der Waals surface area contributed by atoms with Crippen molar-refractivity contribution in [2.75, 3.05) is 7.05 Å². The van der Waals surface area contributed by atoms with E-state index in [0.29, 0.717) is 11.9 Å². The summed E-state index contributed by atoms with van der Waals surface area (Å²) < 4.78 is 5.56. The fourth-order valence-corrected chi connectivity index (χ4v) is 3.54. The Morgan fingerprint density at radius 2 is 2.05 bits per heavy atom. The molecule has 3 rings (SSSR count). The van der Waals surface area contributed by atoms with E-state index in [1.807, 2.05) is 17.5 Å². The predicted molar refractivity (Wildman–Crippen MR) is 84.0 cm³/mol. The van der Waals surface area contributed by atoms with Gasteiger partial charge >= 0.3 is 0 Å². The molecule has 1 atom stereocenters. The lowest BCUT2D eigenvalue weighted by molar-refractivity contribution is 0.253. The lowest BCUT2D eigenvalue weighted by Crippen LogP contribution is -2.21. The average molecular weight is 304 g/mol. The zero-order valence-electron chi connectivity index (χ0n) is 11.4. The third-order valence-electron chi connectivity index (χ3n) is 3.31. The Bertz CT molecular complexity index is 643. The molecule has 0 bridgehead atoms. The first-order chi connectivity index (χ1) is 9.74. The molecule has 0 spiro atoms. The van der Waals surface area contributed by atoms with Gasteiger partial charge in [0.25, 0.3) is 0 Å². The molecule has 3 aromatic rings. The van der Waals surface area contributed by atoms with Crippen LogP contribution in [0.25, 0.3) is 10.8 Å². The van der Waals surface area contributed by atoms with Gasteiger partial charge in [0.1, 0.15) is 6.26 Å². The Kier molecular flexibility index (Phi) is 4.00. The first-order valence-electron chi connectivity index (χ1n) is 6.46. The molecule has 0 amide bonds. The van der Waals surface area contributed by atoms with Crippen molar-refractivity contribution < 1.29 is 4.42 Å². The maximum absolute atomic E-state index is 5.56. The number of aromatic nitrogens is 1. The third kappa shape index (κ3) is 2.85. The van der Waals surface area contributed by atoms with Crippen molar-refractivity contribution in [3.05, 3.63) is 51.9 Å². The Morgan fingerprint density at radius 3 is 2.75 bits per heavy atom. The molecule has 0 aliphatic rings. The normalized spacial score (nSPS) is 12.9. The highest BCUT2D eigenvalue weighted by atomic mass is 32.1. The van der Waals surface area contributed by atoms with Gasteiger partial charge in [-0.3, -0.25) is 4.90 Å². The first kappa shape index (κ1) is 13.5. The van der Waals surface area contributed by atoms with E-state index in [9.17, 15) is 0 Å². The highest BCUT2D eigenvalue weighted by molar-refractivity contribution is 7.13. The molecule has 0 fully saturated rings. The molecule has 0 aliphatic heterocycles. The van der Waals surface area contributed by atoms with Crippen molar-refractivity contribution in [3.8, 4) is 10.8 Å². The molecule has 0 aliphatic carbocycles. The van der Waals surface area contributed by atoms with Gasteiger partial charge in [-0.25, -0.2) is 4.98 Å². The Balaban J connectivity index is 1.69. The molecule has 104 valence electrons. The maximum atomic E-state index is 5.56. The Morgan fingerprint density at radius 1 is 1.25 bits per heavy atom. The van der Waals surface area contributed by atoms with Crippen molar-refractivity contribution in [1.29, 1.82) is 0 Å². The summed E-state index contributed by atoms with van der Waals surface area (Å²) in [6.07, 6.45) is 1.76. The van der Waals surface area contributed by atoms with Gasteiger partial charge in [-0.15, -0.1) is 22.7 Å². The second-order valence-electron chi connectivity index (χ2n) is 4.73. The van der Waals surface area contributed by atoms with E-state index < -0.39 is 0 Å². The van der Waals surface area contributed by atoms with Crippen LogP contribution in [-0.2, 0) is 6.54 Å². The smallest absolute Gasteiger partial charge is 0.236 e. The largest absolute Gasteiger partial charge is 0.444 e. The molecule has 0 saturated heterocycles. The second kappa shape index (κ2) is 5.91. The van der Waals surface area contributed by atoms with Crippen molar-refractivity contribution >= 4 is 22.7 Å². The molecule has 3 aromatic heterocycles. The second-order valence-corrected chi connectivity index (χ2v) is 6.65. The molecule has 20 heavy (non-hydrogen) atoms. The maximum Gasteiger partial charge on any atom is 0.236 e. The first-order valence-corrected chi connectivity index (χ1v) is 8.22. The van der Waals surface area contributed by atoms with Crippen LogP contribution in [0.3, 0.4) is 0 Å². The van der Waals surface area contributed by atoms with E-state index >= 15 is 0 Å². The fourth-order valence-electron chi connectivity index (χ4n) is 2.03. The van der Waals surface area contributed by atoms with E-state index in [-0.39, 0.29) is 0 Å². The van der Waals surface area contributed by atoms with E-state index in [2.05, 4.69) is 41.4 Å². The van der Waals surface area contributed by atoms with E-state index in [4.69, 9.17) is 4.42 Å². The monoisotopic (exact) mass is 304 g/mol. The molecule has 0 aromatic carbocycles. The molecular formula is C15H16N2OS2. The van der Waals surface area contributed by atoms with Gasteiger partial charge in [0.15, 0.2) is 0 Å². The average Bonchev–Trinajstić information content (AvgIpc) is 3.19. The summed E-state index contributed by atoms with van der Waals surface area (Å²) in [7, 11) is 2.11.